The number of benzene rings is 1. The Morgan fingerprint density at radius 3 is 2.42 bits per heavy atom. The molecule has 2 aliphatic rings. The second kappa shape index (κ2) is 10.0. The summed E-state index contributed by atoms with van der Waals surface area (Å²) in [6.45, 7) is 6.54. The Morgan fingerprint density at radius 2 is 1.85 bits per heavy atom. The van der Waals surface area contributed by atoms with Crippen molar-refractivity contribution in [2.24, 2.45) is 5.73 Å². The van der Waals surface area contributed by atoms with Crippen LogP contribution in [0, 0.1) is 17.1 Å². The SMILES string of the molecule is Cl.N#Cc1ccc(OCCN2CC3CN(CCCN)CC(C2)O3)c(F)c1. The van der Waals surface area contributed by atoms with Gasteiger partial charge in [0, 0.05) is 32.7 Å². The molecule has 0 aliphatic carbocycles. The first-order chi connectivity index (χ1) is 12.2. The maximum Gasteiger partial charge on any atom is 0.166 e. The second-order valence-corrected chi connectivity index (χ2v) is 6.65. The molecule has 2 heterocycles. The molecule has 0 amide bonds. The predicted octanol–water partition coefficient (Wildman–Crippen LogP) is 1.23. The first kappa shape index (κ1) is 20.9. The van der Waals surface area contributed by atoms with Gasteiger partial charge in [0.05, 0.1) is 23.8 Å². The maximum absolute atomic E-state index is 13.8. The van der Waals surface area contributed by atoms with Gasteiger partial charge in [-0.1, -0.05) is 0 Å². The van der Waals surface area contributed by atoms with Crippen molar-refractivity contribution in [3.05, 3.63) is 29.6 Å². The smallest absolute Gasteiger partial charge is 0.166 e. The molecule has 0 saturated carbocycles. The molecule has 0 aromatic heterocycles. The largest absolute Gasteiger partial charge is 0.489 e. The van der Waals surface area contributed by atoms with Gasteiger partial charge in [0.2, 0.25) is 0 Å². The van der Waals surface area contributed by atoms with Gasteiger partial charge < -0.3 is 15.2 Å². The van der Waals surface area contributed by atoms with Crippen LogP contribution in [0.2, 0.25) is 0 Å². The van der Waals surface area contributed by atoms with Crippen molar-refractivity contribution in [3.8, 4) is 11.8 Å². The second-order valence-electron chi connectivity index (χ2n) is 6.65. The number of nitrogens with zero attached hydrogens (tertiary/aromatic N) is 3. The number of morpholine rings is 2. The highest BCUT2D eigenvalue weighted by Gasteiger charge is 2.34. The molecule has 2 bridgehead atoms. The van der Waals surface area contributed by atoms with Crippen LogP contribution < -0.4 is 10.5 Å². The number of fused-ring (bicyclic) bond motifs is 2. The summed E-state index contributed by atoms with van der Waals surface area (Å²) < 4.78 is 25.4. The fraction of sp³-hybridized carbons (Fsp3) is 0.611. The Bertz CT molecular complexity index is 614. The molecule has 2 aliphatic heterocycles. The van der Waals surface area contributed by atoms with Crippen LogP contribution in [-0.2, 0) is 4.74 Å². The molecule has 3 rings (SSSR count). The lowest BCUT2D eigenvalue weighted by Gasteiger charge is -2.45. The minimum Gasteiger partial charge on any atom is -0.489 e. The zero-order valence-corrected chi connectivity index (χ0v) is 15.6. The van der Waals surface area contributed by atoms with Crippen molar-refractivity contribution in [2.75, 3.05) is 52.4 Å². The van der Waals surface area contributed by atoms with Gasteiger partial charge in [-0.3, -0.25) is 9.80 Å². The summed E-state index contributed by atoms with van der Waals surface area (Å²) in [6.07, 6.45) is 1.46. The van der Waals surface area contributed by atoms with Crippen molar-refractivity contribution in [2.45, 2.75) is 18.6 Å². The van der Waals surface area contributed by atoms with Gasteiger partial charge in [0.25, 0.3) is 0 Å². The van der Waals surface area contributed by atoms with Gasteiger partial charge in [-0.05, 0) is 37.7 Å². The number of hydrogen-bond donors (Lipinski definition) is 1. The fourth-order valence-electron chi connectivity index (χ4n) is 3.51. The number of hydrogen-bond acceptors (Lipinski definition) is 6. The molecule has 8 heteroatoms. The minimum absolute atomic E-state index is 0. The Morgan fingerprint density at radius 1 is 1.19 bits per heavy atom. The monoisotopic (exact) mass is 384 g/mol. The Kier molecular flexibility index (Phi) is 8.07. The van der Waals surface area contributed by atoms with Gasteiger partial charge in [0.15, 0.2) is 11.6 Å². The third-order valence-corrected chi connectivity index (χ3v) is 4.64. The van der Waals surface area contributed by atoms with E-state index in [0.717, 1.165) is 52.2 Å². The van der Waals surface area contributed by atoms with Gasteiger partial charge in [-0.15, -0.1) is 12.4 Å². The molecule has 2 unspecified atom stereocenters. The van der Waals surface area contributed by atoms with E-state index in [9.17, 15) is 4.39 Å². The highest BCUT2D eigenvalue weighted by atomic mass is 35.5. The average Bonchev–Trinajstić information content (AvgIpc) is 2.60. The number of nitriles is 1. The van der Waals surface area contributed by atoms with Crippen LogP contribution in [0.1, 0.15) is 12.0 Å². The molecule has 2 atom stereocenters. The van der Waals surface area contributed by atoms with Crippen LogP contribution in [0.3, 0.4) is 0 Å². The molecule has 1 aromatic carbocycles. The Labute approximate surface area is 160 Å². The lowest BCUT2D eigenvalue weighted by Crippen LogP contribution is -2.60. The fourth-order valence-corrected chi connectivity index (χ4v) is 3.51. The summed E-state index contributed by atoms with van der Waals surface area (Å²) in [5, 5.41) is 8.76. The lowest BCUT2D eigenvalue weighted by molar-refractivity contribution is -0.139. The van der Waals surface area contributed by atoms with E-state index in [1.54, 1.807) is 6.07 Å². The number of rotatable bonds is 7. The van der Waals surface area contributed by atoms with Crippen LogP contribution in [-0.4, -0.2) is 74.4 Å². The van der Waals surface area contributed by atoms with Gasteiger partial charge >= 0.3 is 0 Å². The first-order valence-corrected chi connectivity index (χ1v) is 8.80. The van der Waals surface area contributed by atoms with Crippen LogP contribution in [0.15, 0.2) is 18.2 Å². The summed E-state index contributed by atoms with van der Waals surface area (Å²) >= 11 is 0. The van der Waals surface area contributed by atoms with Crippen molar-refractivity contribution in [3.63, 3.8) is 0 Å². The number of halogens is 2. The summed E-state index contributed by atoms with van der Waals surface area (Å²) in [7, 11) is 0. The van der Waals surface area contributed by atoms with E-state index in [4.69, 9.17) is 20.5 Å². The van der Waals surface area contributed by atoms with E-state index in [1.165, 1.54) is 12.1 Å². The van der Waals surface area contributed by atoms with Crippen molar-refractivity contribution in [1.82, 2.24) is 9.80 Å². The molecular weight excluding hydrogens is 359 g/mol. The summed E-state index contributed by atoms with van der Waals surface area (Å²) in [5.41, 5.74) is 5.89. The third-order valence-electron chi connectivity index (χ3n) is 4.64. The van der Waals surface area contributed by atoms with Crippen molar-refractivity contribution >= 4 is 12.4 Å². The quantitative estimate of drug-likeness (QED) is 0.762. The molecule has 144 valence electrons. The first-order valence-electron chi connectivity index (χ1n) is 8.80. The summed E-state index contributed by atoms with van der Waals surface area (Å²) in [5.74, 6) is -0.297. The van der Waals surface area contributed by atoms with Gasteiger partial charge in [-0.2, -0.15) is 5.26 Å². The number of ether oxygens (including phenoxy) is 2. The van der Waals surface area contributed by atoms with Crippen LogP contribution in [0.5, 0.6) is 5.75 Å². The van der Waals surface area contributed by atoms with Crippen molar-refractivity contribution in [1.29, 1.82) is 5.26 Å². The van der Waals surface area contributed by atoms with E-state index in [2.05, 4.69) is 9.80 Å². The molecular formula is C18H26ClFN4O2. The van der Waals surface area contributed by atoms with Gasteiger partial charge in [0.1, 0.15) is 6.61 Å². The van der Waals surface area contributed by atoms with E-state index in [-0.39, 0.29) is 30.4 Å². The normalized spacial score (nSPS) is 23.1. The topological polar surface area (TPSA) is 74.8 Å². The molecule has 2 saturated heterocycles. The predicted molar refractivity (Wildman–Crippen MR) is 99.1 cm³/mol. The lowest BCUT2D eigenvalue weighted by atomic mass is 10.1. The zero-order chi connectivity index (χ0) is 17.6. The summed E-state index contributed by atoms with van der Waals surface area (Å²) in [4.78, 5) is 4.76. The van der Waals surface area contributed by atoms with Gasteiger partial charge in [-0.25, -0.2) is 4.39 Å². The Balaban J connectivity index is 0.00000243. The average molecular weight is 385 g/mol. The van der Waals surface area contributed by atoms with Crippen molar-refractivity contribution < 1.29 is 13.9 Å². The maximum atomic E-state index is 13.8. The van der Waals surface area contributed by atoms with Crippen LogP contribution in [0.4, 0.5) is 4.39 Å². The van der Waals surface area contributed by atoms with Crippen LogP contribution >= 0.6 is 12.4 Å². The highest BCUT2D eigenvalue weighted by molar-refractivity contribution is 5.85. The number of nitrogens with two attached hydrogens (primary N) is 1. The molecule has 1 aromatic rings. The minimum atomic E-state index is -0.492. The molecule has 6 nitrogen and oxygen atoms in total. The van der Waals surface area contributed by atoms with E-state index in [0.29, 0.717) is 12.2 Å². The molecule has 26 heavy (non-hydrogen) atoms. The molecule has 2 fully saturated rings. The molecule has 0 radical (unpaired) electrons. The zero-order valence-electron chi connectivity index (χ0n) is 14.8. The van der Waals surface area contributed by atoms with Crippen LogP contribution in [0.25, 0.3) is 0 Å². The summed E-state index contributed by atoms with van der Waals surface area (Å²) in [6, 6.07) is 6.19. The van der Waals surface area contributed by atoms with E-state index in [1.807, 2.05) is 6.07 Å². The standard InChI is InChI=1S/C18H25FN4O2.ClH/c19-17-8-14(9-21)2-3-18(17)24-7-6-23-12-15-10-22(5-1-4-20)11-16(13-23)25-15;/h2-3,8,15-16H,1,4-7,10-13,20H2;1H. The highest BCUT2D eigenvalue weighted by Crippen LogP contribution is 2.20. The third kappa shape index (κ3) is 5.53. The molecule has 2 N–H and O–H groups in total. The Hall–Kier alpha value is -1.43. The van der Waals surface area contributed by atoms with E-state index >= 15 is 0 Å². The molecule has 0 spiro atoms. The van der Waals surface area contributed by atoms with E-state index < -0.39 is 5.82 Å².